The van der Waals surface area contributed by atoms with Crippen molar-refractivity contribution in [2.45, 2.75) is 6.04 Å². The third-order valence-corrected chi connectivity index (χ3v) is 2.71. The van der Waals surface area contributed by atoms with Gasteiger partial charge in [0.25, 0.3) is 5.69 Å². The van der Waals surface area contributed by atoms with Crippen molar-refractivity contribution in [3.63, 3.8) is 0 Å². The lowest BCUT2D eigenvalue weighted by atomic mass is 10.3. The molecule has 0 aromatic heterocycles. The molecule has 1 aromatic rings. The smallest absolute Gasteiger partial charge is 0.330 e. The Morgan fingerprint density at radius 2 is 1.88 bits per heavy atom. The number of nitrogens with one attached hydrogen (secondary N) is 2. The molecule has 11 nitrogen and oxygen atoms in total. The number of halogens is 1. The SMILES string of the molecule is Br.NCC(=O)N[C@@H](CO)C(=O)NCC(=O)Oc1ccc([N+](=O)[O-])cc1. The van der Waals surface area contributed by atoms with Crippen LogP contribution < -0.4 is 21.1 Å². The second-order valence-electron chi connectivity index (χ2n) is 4.45. The molecule has 2 amide bonds. The third kappa shape index (κ3) is 7.69. The zero-order chi connectivity index (χ0) is 18.1. The average Bonchev–Trinajstić information content (AvgIpc) is 2.57. The van der Waals surface area contributed by atoms with Crippen LogP contribution >= 0.6 is 17.0 Å². The summed E-state index contributed by atoms with van der Waals surface area (Å²) in [5.74, 6) is -2.20. The van der Waals surface area contributed by atoms with Crippen LogP contribution in [0.15, 0.2) is 24.3 Å². The number of nitrogens with two attached hydrogens (primary N) is 1. The van der Waals surface area contributed by atoms with Gasteiger partial charge in [-0.15, -0.1) is 17.0 Å². The number of carbonyl (C=O) groups is 3. The summed E-state index contributed by atoms with van der Waals surface area (Å²) in [6.07, 6.45) is 0. The quantitative estimate of drug-likeness (QED) is 0.172. The van der Waals surface area contributed by atoms with Gasteiger partial charge in [0, 0.05) is 12.1 Å². The van der Waals surface area contributed by atoms with Crippen molar-refractivity contribution in [3.8, 4) is 5.75 Å². The molecule has 0 unspecified atom stereocenters. The van der Waals surface area contributed by atoms with Crippen molar-refractivity contribution in [1.82, 2.24) is 10.6 Å². The van der Waals surface area contributed by atoms with Gasteiger partial charge in [0.1, 0.15) is 18.3 Å². The molecular weight excluding hydrogens is 404 g/mol. The van der Waals surface area contributed by atoms with E-state index in [9.17, 15) is 24.5 Å². The highest BCUT2D eigenvalue weighted by atomic mass is 79.9. The summed E-state index contributed by atoms with van der Waals surface area (Å²) in [5.41, 5.74) is 4.91. The van der Waals surface area contributed by atoms with Gasteiger partial charge in [-0.1, -0.05) is 0 Å². The zero-order valence-electron chi connectivity index (χ0n) is 12.8. The number of nitrogens with zero attached hydrogens (tertiary/aromatic N) is 1. The Balaban J connectivity index is 0.00000576. The molecule has 0 fully saturated rings. The fourth-order valence-corrected chi connectivity index (χ4v) is 1.53. The van der Waals surface area contributed by atoms with Gasteiger partial charge in [-0.2, -0.15) is 0 Å². The van der Waals surface area contributed by atoms with Crippen molar-refractivity contribution < 1.29 is 29.2 Å². The van der Waals surface area contributed by atoms with E-state index in [-0.39, 0.29) is 35.0 Å². The van der Waals surface area contributed by atoms with Gasteiger partial charge >= 0.3 is 5.97 Å². The monoisotopic (exact) mass is 420 g/mol. The molecule has 0 radical (unpaired) electrons. The minimum absolute atomic E-state index is 0. The molecule has 12 heteroatoms. The Labute approximate surface area is 152 Å². The van der Waals surface area contributed by atoms with Crippen LogP contribution in [0.2, 0.25) is 0 Å². The lowest BCUT2D eigenvalue weighted by molar-refractivity contribution is -0.384. The molecule has 5 N–H and O–H groups in total. The van der Waals surface area contributed by atoms with Crippen LogP contribution in [0.3, 0.4) is 0 Å². The molecule has 1 aromatic carbocycles. The van der Waals surface area contributed by atoms with Gasteiger partial charge in [-0.25, -0.2) is 4.79 Å². The molecule has 138 valence electrons. The second-order valence-corrected chi connectivity index (χ2v) is 4.45. The highest BCUT2D eigenvalue weighted by Crippen LogP contribution is 2.17. The molecule has 0 saturated carbocycles. The minimum atomic E-state index is -1.24. The minimum Gasteiger partial charge on any atom is -0.425 e. The summed E-state index contributed by atoms with van der Waals surface area (Å²) >= 11 is 0. The van der Waals surface area contributed by atoms with Crippen LogP contribution in [0, 0.1) is 10.1 Å². The Bertz CT molecular complexity index is 623. The predicted molar refractivity (Wildman–Crippen MR) is 90.1 cm³/mol. The Kier molecular flexibility index (Phi) is 9.93. The molecule has 0 aliphatic carbocycles. The van der Waals surface area contributed by atoms with Crippen LogP contribution in [0.5, 0.6) is 5.75 Å². The maximum atomic E-state index is 11.7. The normalized spacial score (nSPS) is 10.8. The maximum Gasteiger partial charge on any atom is 0.330 e. The van der Waals surface area contributed by atoms with Gasteiger partial charge < -0.3 is 26.2 Å². The molecule has 0 bridgehead atoms. The highest BCUT2D eigenvalue weighted by molar-refractivity contribution is 8.93. The molecular formula is C13H17BrN4O7. The van der Waals surface area contributed by atoms with Crippen molar-refractivity contribution in [2.24, 2.45) is 5.73 Å². The number of nitro groups is 1. The Morgan fingerprint density at radius 1 is 1.28 bits per heavy atom. The van der Waals surface area contributed by atoms with Crippen molar-refractivity contribution in [1.29, 1.82) is 0 Å². The van der Waals surface area contributed by atoms with E-state index in [0.717, 1.165) is 12.1 Å². The average molecular weight is 421 g/mol. The first-order chi connectivity index (χ1) is 11.4. The molecule has 25 heavy (non-hydrogen) atoms. The van der Waals surface area contributed by atoms with E-state index in [1.807, 2.05) is 0 Å². The molecule has 1 atom stereocenters. The van der Waals surface area contributed by atoms with E-state index in [1.54, 1.807) is 0 Å². The Hall–Kier alpha value is -2.57. The number of esters is 1. The summed E-state index contributed by atoms with van der Waals surface area (Å²) in [6, 6.07) is 3.54. The number of benzene rings is 1. The van der Waals surface area contributed by atoms with Crippen LogP contribution in [0.25, 0.3) is 0 Å². The summed E-state index contributed by atoms with van der Waals surface area (Å²) in [7, 11) is 0. The Morgan fingerprint density at radius 3 is 2.36 bits per heavy atom. The lowest BCUT2D eigenvalue weighted by Gasteiger charge is -2.15. The molecule has 0 spiro atoms. The fraction of sp³-hybridized carbons (Fsp3) is 0.308. The highest BCUT2D eigenvalue weighted by Gasteiger charge is 2.20. The summed E-state index contributed by atoms with van der Waals surface area (Å²) < 4.78 is 4.87. The van der Waals surface area contributed by atoms with E-state index in [4.69, 9.17) is 15.6 Å². The van der Waals surface area contributed by atoms with Crippen LogP contribution in [0.1, 0.15) is 0 Å². The third-order valence-electron chi connectivity index (χ3n) is 2.71. The number of nitro benzene ring substituents is 1. The molecule has 0 aliphatic heterocycles. The number of carbonyl (C=O) groups excluding carboxylic acids is 3. The first-order valence-electron chi connectivity index (χ1n) is 6.70. The van der Waals surface area contributed by atoms with Crippen LogP contribution in [0.4, 0.5) is 5.69 Å². The first-order valence-corrected chi connectivity index (χ1v) is 6.70. The van der Waals surface area contributed by atoms with E-state index in [1.165, 1.54) is 12.1 Å². The number of ether oxygens (including phenoxy) is 1. The van der Waals surface area contributed by atoms with Crippen LogP contribution in [-0.2, 0) is 14.4 Å². The van der Waals surface area contributed by atoms with Gasteiger partial charge in [-0.3, -0.25) is 19.7 Å². The largest absolute Gasteiger partial charge is 0.425 e. The van der Waals surface area contributed by atoms with Crippen molar-refractivity contribution in [3.05, 3.63) is 34.4 Å². The topological polar surface area (TPSA) is 174 Å². The van der Waals surface area contributed by atoms with Crippen LogP contribution in [-0.4, -0.2) is 53.6 Å². The first kappa shape index (κ1) is 22.4. The maximum absolute atomic E-state index is 11.7. The molecule has 0 saturated heterocycles. The van der Waals surface area contributed by atoms with Gasteiger partial charge in [0.2, 0.25) is 11.8 Å². The van der Waals surface area contributed by atoms with Crippen molar-refractivity contribution in [2.75, 3.05) is 19.7 Å². The van der Waals surface area contributed by atoms with Gasteiger partial charge in [0.15, 0.2) is 0 Å². The molecule has 0 aliphatic rings. The predicted octanol–water partition coefficient (Wildman–Crippen LogP) is -1.37. The summed E-state index contributed by atoms with van der Waals surface area (Å²) in [6.45, 7) is -1.55. The van der Waals surface area contributed by atoms with E-state index in [2.05, 4.69) is 10.6 Å². The lowest BCUT2D eigenvalue weighted by Crippen LogP contribution is -2.51. The summed E-state index contributed by atoms with van der Waals surface area (Å²) in [5, 5.41) is 23.9. The molecule has 1 rings (SSSR count). The zero-order valence-corrected chi connectivity index (χ0v) is 14.6. The standard InChI is InChI=1S/C13H16N4O7.BrH/c14-5-11(19)16-10(7-18)13(21)15-6-12(20)24-9-3-1-8(2-4-9)17(22)23;/h1-4,10,18H,5-7,14H2,(H,15,21)(H,16,19);1H/t10-;/m0./s1. The van der Waals surface area contributed by atoms with Gasteiger partial charge in [0.05, 0.1) is 18.1 Å². The number of rotatable bonds is 8. The van der Waals surface area contributed by atoms with Gasteiger partial charge in [-0.05, 0) is 12.1 Å². The molecule has 0 heterocycles. The number of non-ortho nitro benzene ring substituents is 1. The van der Waals surface area contributed by atoms with E-state index in [0.29, 0.717) is 0 Å². The number of aliphatic hydroxyl groups excluding tert-OH is 1. The van der Waals surface area contributed by atoms with E-state index < -0.39 is 41.9 Å². The number of aliphatic hydroxyl groups is 1. The number of hydrogen-bond acceptors (Lipinski definition) is 8. The van der Waals surface area contributed by atoms with E-state index >= 15 is 0 Å². The fourth-order valence-electron chi connectivity index (χ4n) is 1.53. The number of amides is 2. The van der Waals surface area contributed by atoms with Crippen molar-refractivity contribution >= 4 is 40.5 Å². The summed E-state index contributed by atoms with van der Waals surface area (Å²) in [4.78, 5) is 44.2. The second kappa shape index (κ2) is 11.1. The number of hydrogen-bond donors (Lipinski definition) is 4.